The molecule has 5 rings (SSSR count). The van der Waals surface area contributed by atoms with E-state index >= 15 is 0 Å². The maximum Gasteiger partial charge on any atom is 0.257 e. The van der Waals surface area contributed by atoms with Crippen molar-refractivity contribution in [2.45, 2.75) is 99.9 Å². The van der Waals surface area contributed by atoms with E-state index in [1.807, 2.05) is 13.0 Å². The Kier molecular flexibility index (Phi) is 8.75. The monoisotopic (exact) mass is 560 g/mol. The van der Waals surface area contributed by atoms with E-state index in [-0.39, 0.29) is 30.2 Å². The Hall–Kier alpha value is -3.38. The van der Waals surface area contributed by atoms with E-state index in [1.165, 1.54) is 16.7 Å². The molecule has 210 valence electrons. The Morgan fingerprint density at radius 2 is 1.88 bits per heavy atom. The number of benzene rings is 1. The van der Waals surface area contributed by atoms with Crippen molar-refractivity contribution in [3.63, 3.8) is 0 Å². The summed E-state index contributed by atoms with van der Waals surface area (Å²) in [6.07, 6.45) is 9.17. The third kappa shape index (κ3) is 5.60. The van der Waals surface area contributed by atoms with Crippen LogP contribution in [-0.4, -0.2) is 52.0 Å². The van der Waals surface area contributed by atoms with Crippen molar-refractivity contribution in [1.29, 1.82) is 5.26 Å². The SMILES string of the molecule is CCC(Sc1nc2c(cc1C#N)CCCC2)C(=O)N(C1CCCCC1)C1CC(=O)N(c2ccc(OC)cc2)C1=O. The van der Waals surface area contributed by atoms with E-state index in [2.05, 4.69) is 6.07 Å². The summed E-state index contributed by atoms with van der Waals surface area (Å²) >= 11 is 1.33. The highest BCUT2D eigenvalue weighted by molar-refractivity contribution is 8.00. The molecule has 0 bridgehead atoms. The molecule has 3 aliphatic rings. The fourth-order valence-corrected chi connectivity index (χ4v) is 7.23. The number of methoxy groups -OCH3 is 1. The van der Waals surface area contributed by atoms with Crippen LogP contribution in [0.2, 0.25) is 0 Å². The maximum atomic E-state index is 14.3. The molecule has 0 spiro atoms. The second-order valence-electron chi connectivity index (χ2n) is 10.8. The fourth-order valence-electron chi connectivity index (χ4n) is 6.18. The zero-order valence-electron chi connectivity index (χ0n) is 23.2. The second kappa shape index (κ2) is 12.4. The Labute approximate surface area is 240 Å². The molecule has 2 aromatic rings. The van der Waals surface area contributed by atoms with Crippen molar-refractivity contribution in [3.8, 4) is 11.8 Å². The van der Waals surface area contributed by atoms with Crippen LogP contribution in [0.1, 0.15) is 81.5 Å². The molecular formula is C31H36N4O4S. The van der Waals surface area contributed by atoms with Gasteiger partial charge in [-0.1, -0.05) is 37.9 Å². The standard InChI is InChI=1S/C31H36N4O4S/c1-3-27(40-29-21(19-32)17-20-9-7-8-12-25(20)33-29)31(38)34(22-10-5-4-6-11-22)26-18-28(36)35(30(26)37)23-13-15-24(39-2)16-14-23/h13-17,22,26-27H,3-12,18H2,1-2H3. The summed E-state index contributed by atoms with van der Waals surface area (Å²) in [5.74, 6) is -0.185. The van der Waals surface area contributed by atoms with E-state index in [0.29, 0.717) is 28.4 Å². The molecule has 8 nitrogen and oxygen atoms in total. The van der Waals surface area contributed by atoms with Crippen molar-refractivity contribution in [3.05, 3.63) is 47.2 Å². The Morgan fingerprint density at radius 1 is 1.15 bits per heavy atom. The first-order valence-corrected chi connectivity index (χ1v) is 15.3. The number of hydrogen-bond acceptors (Lipinski definition) is 7. The van der Waals surface area contributed by atoms with Crippen LogP contribution in [0.15, 0.2) is 35.4 Å². The van der Waals surface area contributed by atoms with E-state index in [4.69, 9.17) is 9.72 Å². The highest BCUT2D eigenvalue weighted by Gasteiger charge is 2.47. The van der Waals surface area contributed by atoms with E-state index < -0.39 is 11.3 Å². The lowest BCUT2D eigenvalue weighted by molar-refractivity contribution is -0.141. The molecule has 2 unspecified atom stereocenters. The third-order valence-electron chi connectivity index (χ3n) is 8.30. The molecule has 1 aliphatic heterocycles. The minimum Gasteiger partial charge on any atom is -0.497 e. The average Bonchev–Trinajstić information content (AvgIpc) is 3.28. The zero-order chi connectivity index (χ0) is 28.2. The van der Waals surface area contributed by atoms with Gasteiger partial charge in [0.1, 0.15) is 22.9 Å². The van der Waals surface area contributed by atoms with Crippen LogP contribution in [0.25, 0.3) is 0 Å². The number of rotatable bonds is 8. The van der Waals surface area contributed by atoms with Gasteiger partial charge in [-0.05, 0) is 80.8 Å². The molecule has 2 atom stereocenters. The normalized spacial score (nSPS) is 20.1. The number of anilines is 1. The summed E-state index contributed by atoms with van der Waals surface area (Å²) in [6, 6.07) is 10.1. The predicted molar refractivity (Wildman–Crippen MR) is 153 cm³/mol. The average molecular weight is 561 g/mol. The highest BCUT2D eigenvalue weighted by Crippen LogP contribution is 2.36. The molecule has 1 aromatic carbocycles. The molecule has 0 radical (unpaired) electrons. The van der Waals surface area contributed by atoms with Gasteiger partial charge in [0.05, 0.1) is 30.0 Å². The number of fused-ring (bicyclic) bond motifs is 1. The van der Waals surface area contributed by atoms with E-state index in [9.17, 15) is 19.6 Å². The number of aryl methyl sites for hydroxylation is 2. The quantitative estimate of drug-likeness (QED) is 0.323. The summed E-state index contributed by atoms with van der Waals surface area (Å²) in [7, 11) is 1.56. The molecule has 3 amide bonds. The van der Waals surface area contributed by atoms with Crippen molar-refractivity contribution >= 4 is 35.2 Å². The van der Waals surface area contributed by atoms with Crippen LogP contribution in [-0.2, 0) is 27.2 Å². The van der Waals surface area contributed by atoms with Crippen LogP contribution in [0.3, 0.4) is 0 Å². The number of carbonyl (C=O) groups is 3. The van der Waals surface area contributed by atoms with E-state index in [0.717, 1.165) is 69.0 Å². The van der Waals surface area contributed by atoms with Gasteiger partial charge >= 0.3 is 0 Å². The van der Waals surface area contributed by atoms with Gasteiger partial charge in [-0.25, -0.2) is 9.88 Å². The summed E-state index contributed by atoms with van der Waals surface area (Å²) in [4.78, 5) is 49.1. The highest BCUT2D eigenvalue weighted by atomic mass is 32.2. The van der Waals surface area contributed by atoms with Gasteiger partial charge in [-0.3, -0.25) is 14.4 Å². The number of amides is 3. The molecule has 40 heavy (non-hydrogen) atoms. The van der Waals surface area contributed by atoms with Crippen LogP contribution in [0.4, 0.5) is 5.69 Å². The lowest BCUT2D eigenvalue weighted by Crippen LogP contribution is -2.53. The predicted octanol–water partition coefficient (Wildman–Crippen LogP) is 5.20. The summed E-state index contributed by atoms with van der Waals surface area (Å²) in [5, 5.41) is 9.94. The van der Waals surface area contributed by atoms with Gasteiger partial charge < -0.3 is 9.64 Å². The van der Waals surface area contributed by atoms with Crippen LogP contribution < -0.4 is 9.64 Å². The minimum absolute atomic E-state index is 0.0330. The zero-order valence-corrected chi connectivity index (χ0v) is 24.0. The van der Waals surface area contributed by atoms with Gasteiger partial charge in [0.25, 0.3) is 5.91 Å². The van der Waals surface area contributed by atoms with E-state index in [1.54, 1.807) is 36.3 Å². The number of thioether (sulfide) groups is 1. The first-order valence-electron chi connectivity index (χ1n) is 14.4. The lowest BCUT2D eigenvalue weighted by atomic mass is 9.92. The molecule has 2 aliphatic carbocycles. The van der Waals surface area contributed by atoms with Crippen molar-refractivity contribution in [1.82, 2.24) is 9.88 Å². The first kappa shape index (κ1) is 28.2. The summed E-state index contributed by atoms with van der Waals surface area (Å²) in [5.41, 5.74) is 3.13. The molecule has 1 saturated heterocycles. The number of aromatic nitrogens is 1. The Balaban J connectivity index is 1.44. The molecule has 1 saturated carbocycles. The smallest absolute Gasteiger partial charge is 0.257 e. The maximum absolute atomic E-state index is 14.3. The minimum atomic E-state index is -0.841. The second-order valence-corrected chi connectivity index (χ2v) is 12.0. The molecule has 1 aromatic heterocycles. The number of imide groups is 1. The number of carbonyl (C=O) groups excluding carboxylic acids is 3. The number of pyridine rings is 1. The molecule has 9 heteroatoms. The summed E-state index contributed by atoms with van der Waals surface area (Å²) < 4.78 is 5.22. The summed E-state index contributed by atoms with van der Waals surface area (Å²) in [6.45, 7) is 1.95. The first-order chi connectivity index (χ1) is 19.4. The molecule has 2 heterocycles. The van der Waals surface area contributed by atoms with Crippen LogP contribution >= 0.6 is 11.8 Å². The molecule has 0 N–H and O–H groups in total. The van der Waals surface area contributed by atoms with Gasteiger partial charge in [0.15, 0.2) is 0 Å². The Morgan fingerprint density at radius 3 is 2.55 bits per heavy atom. The van der Waals surface area contributed by atoms with Gasteiger partial charge in [-0.15, -0.1) is 0 Å². The fraction of sp³-hybridized carbons (Fsp3) is 0.516. The number of ether oxygens (including phenoxy) is 1. The largest absolute Gasteiger partial charge is 0.497 e. The topological polar surface area (TPSA) is 104 Å². The lowest BCUT2D eigenvalue weighted by Gasteiger charge is -2.39. The molecule has 2 fully saturated rings. The van der Waals surface area contributed by atoms with Gasteiger partial charge in [0, 0.05) is 11.7 Å². The van der Waals surface area contributed by atoms with Gasteiger partial charge in [-0.2, -0.15) is 5.26 Å². The Bertz CT molecular complexity index is 1320. The van der Waals surface area contributed by atoms with Crippen molar-refractivity contribution < 1.29 is 19.1 Å². The number of nitrogens with zero attached hydrogens (tertiary/aromatic N) is 4. The molecular weight excluding hydrogens is 524 g/mol. The number of hydrogen-bond donors (Lipinski definition) is 0. The third-order valence-corrected chi connectivity index (χ3v) is 9.65. The van der Waals surface area contributed by atoms with Crippen molar-refractivity contribution in [2.75, 3.05) is 12.0 Å². The van der Waals surface area contributed by atoms with Crippen molar-refractivity contribution in [2.24, 2.45) is 0 Å². The number of nitriles is 1. The van der Waals surface area contributed by atoms with Crippen LogP contribution in [0.5, 0.6) is 5.75 Å². The van der Waals surface area contributed by atoms with Gasteiger partial charge in [0.2, 0.25) is 11.8 Å². The van der Waals surface area contributed by atoms with Crippen LogP contribution in [0, 0.1) is 11.3 Å².